The smallest absolute Gasteiger partial charge is 0.0730 e. The highest BCUT2D eigenvalue weighted by Gasteiger charge is 2.49. The predicted octanol–water partition coefficient (Wildman–Crippen LogP) is 22.4. The van der Waals surface area contributed by atoms with Gasteiger partial charge in [-0.25, -0.2) is 0 Å². The van der Waals surface area contributed by atoms with Gasteiger partial charge in [-0.05, 0) is 85.9 Å². The Balaban J connectivity index is 2.22. The van der Waals surface area contributed by atoms with Crippen molar-refractivity contribution < 1.29 is 0 Å². The van der Waals surface area contributed by atoms with Crippen molar-refractivity contribution in [1.82, 2.24) is 0 Å². The maximum atomic E-state index is 2.94. The summed E-state index contributed by atoms with van der Waals surface area (Å²) in [6.45, 7) is 97.7. The first kappa shape index (κ1) is 70.7. The molecule has 0 aliphatic carbocycles. The molecule has 438 valence electrons. The van der Waals surface area contributed by atoms with E-state index in [1.807, 2.05) is 32.6 Å². The van der Waals surface area contributed by atoms with E-state index >= 15 is 0 Å². The quantitative estimate of drug-likeness (QED) is 0.0730. The van der Waals surface area contributed by atoms with Gasteiger partial charge in [-0.15, -0.1) is 0 Å². The molecule has 78 heavy (non-hydrogen) atoms. The fraction of sp³-hybridized carbons (Fsp3) is 0.656. The van der Waals surface area contributed by atoms with Crippen LogP contribution in [0.4, 0.5) is 0 Å². The molecule has 0 nitrogen and oxygen atoms in total. The van der Waals surface area contributed by atoms with E-state index in [2.05, 4.69) is 307 Å². The zero-order valence-electron chi connectivity index (χ0n) is 58.4. The molecule has 0 unspecified atom stereocenters. The third-order valence-electron chi connectivity index (χ3n) is 17.4. The van der Waals surface area contributed by atoms with Gasteiger partial charge in [-0.2, -0.15) is 0 Å². The minimum atomic E-state index is -1.66. The lowest BCUT2D eigenvalue weighted by atomic mass is 10.1. The molecule has 2 heterocycles. The monoisotopic (exact) mass is 1290 g/mol. The molecule has 0 radical (unpaired) electrons. The van der Waals surface area contributed by atoms with Gasteiger partial charge in [-0.3, -0.25) is 0 Å². The van der Waals surface area contributed by atoms with Gasteiger partial charge in [-0.1, -0.05) is 307 Å². The van der Waals surface area contributed by atoms with Crippen molar-refractivity contribution in [3.63, 3.8) is 0 Å². The molecule has 0 saturated carbocycles. The number of rotatable bonds is 21. The molecular weight excluding hydrogens is 1160 g/mol. The van der Waals surface area contributed by atoms with Gasteiger partial charge in [0, 0.05) is 96.9 Å². The van der Waals surface area contributed by atoms with Crippen LogP contribution in [-0.2, 0) is 0 Å². The van der Waals surface area contributed by atoms with E-state index in [0.717, 1.165) is 10.3 Å². The van der Waals surface area contributed by atoms with Crippen molar-refractivity contribution >= 4 is 114 Å². The van der Waals surface area contributed by atoms with Crippen LogP contribution in [0, 0.1) is 0 Å². The third-order valence-corrected chi connectivity index (χ3v) is 77.6. The Morgan fingerprint density at radius 3 is 0.487 bits per heavy atom. The molecule has 4 aromatic rings. The van der Waals surface area contributed by atoms with E-state index in [4.69, 9.17) is 0 Å². The van der Waals surface area contributed by atoms with Crippen LogP contribution >= 0.6 is 0 Å². The summed E-state index contributed by atoms with van der Waals surface area (Å²) in [5.74, 6) is 0. The van der Waals surface area contributed by atoms with Gasteiger partial charge < -0.3 is 0 Å². The Morgan fingerprint density at radius 2 is 0.359 bits per heavy atom. The topological polar surface area (TPSA) is 0 Å². The lowest BCUT2D eigenvalue weighted by Gasteiger charge is -2.46. The Morgan fingerprint density at radius 1 is 0.218 bits per heavy atom. The molecule has 0 atom stereocenters. The summed E-state index contributed by atoms with van der Waals surface area (Å²) in [5, 5.41) is 7.97. The van der Waals surface area contributed by atoms with Crippen LogP contribution in [0.1, 0.15) is 64.4 Å². The molecule has 0 aliphatic heterocycles. The molecule has 0 N–H and O–H groups in total. The Hall–Kier alpha value is 0.176. The summed E-state index contributed by atoms with van der Waals surface area (Å²) in [6, 6.07) is 22.2. The van der Waals surface area contributed by atoms with Crippen molar-refractivity contribution in [3.8, 4) is 21.5 Å². The van der Waals surface area contributed by atoms with Gasteiger partial charge in [0.05, 0.1) is 16.8 Å². The molecule has 0 saturated heterocycles. The largest absolute Gasteiger partial charge is 0.0731 e. The molecule has 14 heteroatoms. The second-order valence-electron chi connectivity index (χ2n) is 38.3. The number of hydrogen-bond donors (Lipinski definition) is 0. The summed E-state index contributed by atoms with van der Waals surface area (Å²) in [6.07, 6.45) is 0. The van der Waals surface area contributed by atoms with E-state index in [0.29, 0.717) is 20.7 Å². The first-order chi connectivity index (χ1) is 34.3. The van der Waals surface area contributed by atoms with Crippen LogP contribution in [0.5, 0.6) is 0 Å². The lowest BCUT2D eigenvalue weighted by molar-refractivity contribution is 1.09. The van der Waals surface area contributed by atoms with E-state index in [9.17, 15) is 0 Å². The lowest BCUT2D eigenvalue weighted by Crippen LogP contribution is -2.50. The molecule has 2 aromatic carbocycles. The highest BCUT2D eigenvalue weighted by Crippen LogP contribution is 2.51. The van der Waals surface area contributed by atoms with Crippen LogP contribution in [0.2, 0.25) is 236 Å². The standard InChI is InChI=1S/C64H126Si14/c1-67(2,3)59(68(4,5)6)51-45-53(61(71(13,14)15)72(16,17)18)57(54(46-51)62(73(19,20)21)74(22,23)24)65-41-37-49(38-42-65)50-39-43-66(44-40-50)58-55(63(75(25,26)27)76(28,29)30)47-52(60(69(7,8)9)70(10,11)12)48-56(58)64(77(31,32)33)78(34,35)36/h37-48,59-64H,1-36H3. The predicted molar refractivity (Wildman–Crippen MR) is 403 cm³/mol. The van der Waals surface area contributed by atoms with Crippen LogP contribution in [0.15, 0.2) is 71.2 Å². The second-order valence-corrected chi connectivity index (χ2v) is 110. The zero-order valence-corrected chi connectivity index (χ0v) is 72.4. The van der Waals surface area contributed by atoms with Crippen molar-refractivity contribution in [2.45, 2.75) is 267 Å². The molecule has 0 fully saturated rings. The molecule has 0 spiro atoms. The normalized spacial score (nSPS) is 14.8. The van der Waals surface area contributed by atoms with Crippen molar-refractivity contribution in [1.29, 1.82) is 0 Å². The van der Waals surface area contributed by atoms with E-state index in [1.165, 1.54) is 11.1 Å². The highest BCUT2D eigenvalue weighted by atomic mass is 28.4. The van der Waals surface area contributed by atoms with E-state index in [1.54, 1.807) is 11.1 Å². The molecule has 0 aliphatic rings. The van der Waals surface area contributed by atoms with Crippen molar-refractivity contribution in [2.75, 3.05) is 0 Å². The highest BCUT2D eigenvalue weighted by molar-refractivity contribution is 7.00. The van der Waals surface area contributed by atoms with E-state index < -0.39 is 114 Å². The Labute approximate surface area is 502 Å². The van der Waals surface area contributed by atoms with Crippen LogP contribution in [0.25, 0.3) is 21.5 Å². The first-order valence-electron chi connectivity index (χ1n) is 30.9. The number of hydrogen-bond acceptors (Lipinski definition) is 0. The fourth-order valence-corrected chi connectivity index (χ4v) is 101. The van der Waals surface area contributed by atoms with Crippen LogP contribution in [0.3, 0.4) is 0 Å². The second kappa shape index (κ2) is 23.5. The fourth-order valence-electron chi connectivity index (χ4n) is 18.5. The summed E-state index contributed by atoms with van der Waals surface area (Å²) in [7, 11) is -21.9. The van der Waals surface area contributed by atoms with Crippen molar-refractivity contribution in [2.24, 2.45) is 0 Å². The van der Waals surface area contributed by atoms with Crippen LogP contribution in [-0.4, -0.2) is 114 Å². The molecule has 0 amide bonds. The van der Waals surface area contributed by atoms with Gasteiger partial charge >= 0.3 is 0 Å². The number of benzene rings is 2. The van der Waals surface area contributed by atoms with Gasteiger partial charge in [0.2, 0.25) is 0 Å². The average Bonchev–Trinajstić information content (AvgIpc) is 3.11. The minimum absolute atomic E-state index is 0.708. The maximum absolute atomic E-state index is 2.94. The summed E-state index contributed by atoms with van der Waals surface area (Å²) >= 11 is 0. The minimum Gasteiger partial charge on any atom is -0.0730 e. The SMILES string of the molecule is C[Si](C)(C)C(c1cc(C([Si](C)(C)C)[Si](C)(C)C)c(-[si]2ccc(-c3cc[si](-c4c(C([Si](C)(C)C)[Si](C)(C)C)cc(C([Si](C)(C)C)[Si](C)(C)C)cc4C([Si](C)(C)C)[Si](C)(C)C)cc3)cc2)c(C([Si](C)(C)C)[Si](C)(C)C)c1)[Si](C)(C)C. The third kappa shape index (κ3) is 16.8. The summed E-state index contributed by atoms with van der Waals surface area (Å²) in [4.78, 5) is 0. The molecule has 4 rings (SSSR count). The summed E-state index contributed by atoms with van der Waals surface area (Å²) < 4.78 is 0. The van der Waals surface area contributed by atoms with E-state index in [-0.39, 0.29) is 0 Å². The maximum Gasteiger partial charge on any atom is 0.0731 e. The Kier molecular flexibility index (Phi) is 21.2. The first-order valence-corrected chi connectivity index (χ1v) is 77.1. The van der Waals surface area contributed by atoms with Gasteiger partial charge in [0.25, 0.3) is 0 Å². The Bertz CT molecular complexity index is 2310. The molecule has 2 aromatic heterocycles. The van der Waals surface area contributed by atoms with Gasteiger partial charge in [0.15, 0.2) is 0 Å². The average molecular weight is 1290 g/mol. The molecular formula is C64H126Si14. The van der Waals surface area contributed by atoms with Crippen LogP contribution < -0.4 is 0 Å². The molecule has 0 bridgehead atoms. The van der Waals surface area contributed by atoms with Crippen molar-refractivity contribution in [3.05, 3.63) is 105 Å². The van der Waals surface area contributed by atoms with Gasteiger partial charge in [0.1, 0.15) is 0 Å². The summed E-state index contributed by atoms with van der Waals surface area (Å²) in [5.41, 5.74) is 24.8. The zero-order chi connectivity index (χ0) is 60.9.